The highest BCUT2D eigenvalue weighted by Crippen LogP contribution is 2.71. The molecule has 0 aromatic heterocycles. The Bertz CT molecular complexity index is 995. The van der Waals surface area contributed by atoms with Crippen LogP contribution in [0.15, 0.2) is 12.2 Å². The fourth-order valence-corrected chi connectivity index (χ4v) is 10.7. The van der Waals surface area contributed by atoms with E-state index in [1.807, 2.05) is 0 Å². The van der Waals surface area contributed by atoms with Crippen LogP contribution < -0.4 is 5.32 Å². The van der Waals surface area contributed by atoms with Crippen molar-refractivity contribution in [3.63, 3.8) is 0 Å². The molecular weight excluding hydrogens is 492 g/mol. The number of fused-ring (bicyclic) bond motifs is 5. The minimum absolute atomic E-state index is 0.0000329. The highest BCUT2D eigenvalue weighted by atomic mass is 16.6. The van der Waals surface area contributed by atoms with Crippen molar-refractivity contribution in [3.05, 3.63) is 12.2 Å². The minimum Gasteiger partial charge on any atom is -0.462 e. The van der Waals surface area contributed by atoms with Crippen LogP contribution in [-0.4, -0.2) is 66.6 Å². The number of esters is 1. The maximum Gasteiger partial charge on any atom is 0.407 e. The zero-order valence-electron chi connectivity index (χ0n) is 24.4. The molecule has 6 rings (SSSR count). The second-order valence-electron chi connectivity index (χ2n) is 14.7. The molecule has 1 unspecified atom stereocenters. The van der Waals surface area contributed by atoms with E-state index in [4.69, 9.17) is 9.47 Å². The Morgan fingerprint density at radius 2 is 1.87 bits per heavy atom. The first kappa shape index (κ1) is 27.6. The lowest BCUT2D eigenvalue weighted by Crippen LogP contribution is -2.63. The molecule has 39 heavy (non-hydrogen) atoms. The van der Waals surface area contributed by atoms with E-state index in [1.54, 1.807) is 6.08 Å². The van der Waals surface area contributed by atoms with Crippen LogP contribution in [0.3, 0.4) is 0 Å². The quantitative estimate of drug-likeness (QED) is 0.472. The topological polar surface area (TPSA) is 88.1 Å². The van der Waals surface area contributed by atoms with Gasteiger partial charge in [-0.3, -0.25) is 0 Å². The average Bonchev–Trinajstić information content (AvgIpc) is 3.52. The van der Waals surface area contributed by atoms with Gasteiger partial charge in [0.25, 0.3) is 0 Å². The normalized spacial score (nSPS) is 47.6. The van der Waals surface area contributed by atoms with Crippen LogP contribution in [0.25, 0.3) is 0 Å². The van der Waals surface area contributed by atoms with E-state index in [1.165, 1.54) is 12.8 Å². The first-order chi connectivity index (χ1) is 18.6. The molecule has 9 atom stereocenters. The summed E-state index contributed by atoms with van der Waals surface area (Å²) in [5, 5.41) is 15.5. The molecule has 7 heteroatoms. The number of nitrogens with one attached hydrogen (secondary N) is 1. The summed E-state index contributed by atoms with van der Waals surface area (Å²) in [4.78, 5) is 26.7. The Kier molecular flexibility index (Phi) is 7.10. The van der Waals surface area contributed by atoms with Crippen molar-refractivity contribution in [1.29, 1.82) is 0 Å². The van der Waals surface area contributed by atoms with Crippen molar-refractivity contribution in [2.45, 2.75) is 103 Å². The summed E-state index contributed by atoms with van der Waals surface area (Å²) in [6.45, 7) is 11.3. The molecule has 2 N–H and O–H groups in total. The Labute approximate surface area is 234 Å². The second kappa shape index (κ2) is 10.0. The average molecular weight is 543 g/mol. The monoisotopic (exact) mass is 542 g/mol. The summed E-state index contributed by atoms with van der Waals surface area (Å²) >= 11 is 0. The minimum atomic E-state index is -0.671. The fraction of sp³-hybridized carbons (Fsp3) is 0.875. The molecule has 4 saturated carbocycles. The number of carbonyl (C=O) groups is 2. The van der Waals surface area contributed by atoms with Crippen molar-refractivity contribution in [2.24, 2.45) is 39.9 Å². The summed E-state index contributed by atoms with van der Waals surface area (Å²) in [6, 6.07) is 0. The van der Waals surface area contributed by atoms with Gasteiger partial charge in [0.05, 0.1) is 5.60 Å². The number of ether oxygens (including phenoxy) is 2. The van der Waals surface area contributed by atoms with E-state index in [0.29, 0.717) is 36.8 Å². The molecule has 4 aliphatic carbocycles. The lowest BCUT2D eigenvalue weighted by atomic mass is 9.42. The van der Waals surface area contributed by atoms with E-state index in [2.05, 4.69) is 37.1 Å². The SMILES string of the molecule is CC1([C@H]2CC[C@]3(O)[C@@H]4CC[C@@H]5C[C@@H](OC(=O)NCCN6CCCC6)CC[C@]5(C)[C@H]4CC[C@]23C)C=CC(=O)OC1. The van der Waals surface area contributed by atoms with E-state index >= 15 is 0 Å². The number of likely N-dealkylation sites (tertiary alicyclic amines) is 1. The van der Waals surface area contributed by atoms with Gasteiger partial charge in [0, 0.05) is 30.0 Å². The predicted octanol–water partition coefficient (Wildman–Crippen LogP) is 5.07. The smallest absolute Gasteiger partial charge is 0.407 e. The molecule has 0 radical (unpaired) electrons. The fourth-order valence-electron chi connectivity index (χ4n) is 10.7. The predicted molar refractivity (Wildman–Crippen MR) is 149 cm³/mol. The molecular formula is C32H50N2O5. The van der Waals surface area contributed by atoms with Crippen LogP contribution in [0, 0.1) is 39.9 Å². The van der Waals surface area contributed by atoms with Gasteiger partial charge >= 0.3 is 12.1 Å². The number of hydrogen-bond donors (Lipinski definition) is 2. The lowest BCUT2D eigenvalue weighted by molar-refractivity contribution is -0.217. The van der Waals surface area contributed by atoms with Crippen LogP contribution in [0.1, 0.15) is 91.4 Å². The van der Waals surface area contributed by atoms with Crippen LogP contribution in [-0.2, 0) is 14.3 Å². The van der Waals surface area contributed by atoms with Crippen molar-refractivity contribution in [3.8, 4) is 0 Å². The number of rotatable bonds is 5. The van der Waals surface area contributed by atoms with Gasteiger partial charge in [-0.1, -0.05) is 26.8 Å². The van der Waals surface area contributed by atoms with Gasteiger partial charge in [0.1, 0.15) is 12.7 Å². The number of aliphatic hydroxyl groups is 1. The van der Waals surface area contributed by atoms with E-state index in [-0.39, 0.29) is 34.4 Å². The molecule has 6 aliphatic rings. The van der Waals surface area contributed by atoms with E-state index in [0.717, 1.165) is 77.4 Å². The Morgan fingerprint density at radius 3 is 2.62 bits per heavy atom. The molecule has 0 bridgehead atoms. The van der Waals surface area contributed by atoms with Gasteiger partial charge in [-0.2, -0.15) is 0 Å². The third-order valence-corrected chi connectivity index (χ3v) is 12.9. The van der Waals surface area contributed by atoms with Crippen molar-refractivity contribution < 1.29 is 24.2 Å². The van der Waals surface area contributed by atoms with Gasteiger partial charge in [0.2, 0.25) is 0 Å². The van der Waals surface area contributed by atoms with Crippen LogP contribution in [0.5, 0.6) is 0 Å². The molecule has 0 spiro atoms. The largest absolute Gasteiger partial charge is 0.462 e. The van der Waals surface area contributed by atoms with Gasteiger partial charge in [-0.05, 0) is 113 Å². The van der Waals surface area contributed by atoms with Gasteiger partial charge in [-0.25, -0.2) is 9.59 Å². The third-order valence-electron chi connectivity index (χ3n) is 12.9. The van der Waals surface area contributed by atoms with Crippen molar-refractivity contribution in [1.82, 2.24) is 10.2 Å². The standard InChI is InChI=1S/C32H50N2O5/c1-29(12-11-27(35)38-21-29)26-10-15-32(37)25-7-6-22-20-23(39-28(36)33-16-19-34-17-4-5-18-34)8-13-30(22,2)24(25)9-14-31(26,32)3/h11-12,22-26,37H,4-10,13-21H2,1-3H3,(H,33,36)/t22-,23+,24+,25-,26-,29?,30+,31-,32+/m1/s1. The first-order valence-electron chi connectivity index (χ1n) is 15.8. The van der Waals surface area contributed by atoms with Crippen molar-refractivity contribution in [2.75, 3.05) is 32.8 Å². The molecule has 218 valence electrons. The number of hydrogen-bond acceptors (Lipinski definition) is 6. The van der Waals surface area contributed by atoms with Gasteiger partial charge in [-0.15, -0.1) is 0 Å². The van der Waals surface area contributed by atoms with Crippen molar-refractivity contribution >= 4 is 12.1 Å². The van der Waals surface area contributed by atoms with Crippen LogP contribution >= 0.6 is 0 Å². The summed E-state index contributed by atoms with van der Waals surface area (Å²) in [7, 11) is 0. The molecule has 0 aromatic carbocycles. The number of carbonyl (C=O) groups excluding carboxylic acids is 2. The lowest BCUT2D eigenvalue weighted by Gasteiger charge is -2.64. The molecule has 0 aromatic rings. The molecule has 2 heterocycles. The maximum absolute atomic E-state index is 12.6. The zero-order chi connectivity index (χ0) is 27.5. The number of cyclic esters (lactones) is 1. The number of alkyl carbamates (subject to hydrolysis) is 1. The number of nitrogens with zero attached hydrogens (tertiary/aromatic N) is 1. The Morgan fingerprint density at radius 1 is 1.08 bits per heavy atom. The summed E-state index contributed by atoms with van der Waals surface area (Å²) in [5.41, 5.74) is -0.872. The Hall–Kier alpha value is -1.60. The highest BCUT2D eigenvalue weighted by Gasteiger charge is 2.69. The molecule has 1 amide bonds. The Balaban J connectivity index is 1.09. The highest BCUT2D eigenvalue weighted by molar-refractivity contribution is 5.83. The molecule has 5 fully saturated rings. The third kappa shape index (κ3) is 4.54. The summed E-state index contributed by atoms with van der Waals surface area (Å²) in [6.07, 6.45) is 15.0. The van der Waals surface area contributed by atoms with Crippen LogP contribution in [0.4, 0.5) is 4.79 Å². The second-order valence-corrected chi connectivity index (χ2v) is 14.7. The van der Waals surface area contributed by atoms with Gasteiger partial charge < -0.3 is 24.8 Å². The first-order valence-corrected chi connectivity index (χ1v) is 15.8. The molecule has 1 saturated heterocycles. The number of amides is 1. The zero-order valence-corrected chi connectivity index (χ0v) is 24.4. The van der Waals surface area contributed by atoms with E-state index < -0.39 is 5.60 Å². The molecule has 2 aliphatic heterocycles. The van der Waals surface area contributed by atoms with Crippen LogP contribution in [0.2, 0.25) is 0 Å². The van der Waals surface area contributed by atoms with Gasteiger partial charge in [0.15, 0.2) is 0 Å². The van der Waals surface area contributed by atoms with E-state index in [9.17, 15) is 14.7 Å². The summed E-state index contributed by atoms with van der Waals surface area (Å²) in [5.74, 6) is 1.42. The molecule has 7 nitrogen and oxygen atoms in total. The maximum atomic E-state index is 12.6. The summed E-state index contributed by atoms with van der Waals surface area (Å²) < 4.78 is 11.4.